The van der Waals surface area contributed by atoms with E-state index in [0.717, 1.165) is 10.9 Å². The standard InChI is InChI=1S/C31H38N2O5Si3/c1-19(2)39-35-18-28-30(38-41-21(5)6)27(37-40-20(3)4)17-26(36-28)23-13-7-8-14-24(23)31(34)33-25-15-9-11-22-12-10-16-32-29(22)25/h7-17,19-21,27-28,30H,18H2,1-6H3,(H,33,34)/t27-,28-,30+/m1/s1. The van der Waals surface area contributed by atoms with Gasteiger partial charge in [-0.2, -0.15) is 0 Å². The molecule has 1 aromatic heterocycles. The molecule has 0 saturated carbocycles. The van der Waals surface area contributed by atoms with E-state index in [9.17, 15) is 4.79 Å². The number of carbonyl (C=O) groups is 1. The molecule has 4 rings (SSSR count). The van der Waals surface area contributed by atoms with E-state index in [1.54, 1.807) is 6.20 Å². The molecule has 0 unspecified atom stereocenters. The summed E-state index contributed by atoms with van der Waals surface area (Å²) in [6.45, 7) is 13.2. The van der Waals surface area contributed by atoms with Gasteiger partial charge in [-0.15, -0.1) is 0 Å². The molecule has 1 N–H and O–H groups in total. The number of amides is 1. The number of para-hydroxylation sites is 1. The van der Waals surface area contributed by atoms with Crippen LogP contribution in [0.25, 0.3) is 16.7 Å². The predicted molar refractivity (Wildman–Crippen MR) is 167 cm³/mol. The molecule has 214 valence electrons. The Kier molecular flexibility index (Phi) is 11.5. The van der Waals surface area contributed by atoms with Crippen LogP contribution in [0.1, 0.15) is 57.5 Å². The van der Waals surface area contributed by atoms with E-state index in [-0.39, 0.29) is 24.2 Å². The molecule has 6 radical (unpaired) electrons. The Bertz CT molecular complexity index is 1330. The Labute approximate surface area is 251 Å². The maximum absolute atomic E-state index is 13.7. The zero-order valence-corrected chi connectivity index (χ0v) is 27.5. The summed E-state index contributed by atoms with van der Waals surface area (Å²) in [6.07, 6.45) is 2.67. The number of anilines is 1. The summed E-state index contributed by atoms with van der Waals surface area (Å²) in [7, 11) is 0.966. The van der Waals surface area contributed by atoms with Crippen molar-refractivity contribution in [3.8, 4) is 0 Å². The van der Waals surface area contributed by atoms with Gasteiger partial charge in [-0.25, -0.2) is 0 Å². The van der Waals surface area contributed by atoms with Crippen molar-refractivity contribution >= 4 is 57.5 Å². The van der Waals surface area contributed by atoms with Crippen LogP contribution in [0, 0.1) is 0 Å². The first-order valence-electron chi connectivity index (χ1n) is 14.1. The first-order valence-corrected chi connectivity index (χ1v) is 17.0. The summed E-state index contributed by atoms with van der Waals surface area (Å²) in [5.74, 6) is 0.359. The number of ether oxygens (including phenoxy) is 1. The van der Waals surface area contributed by atoms with Gasteiger partial charge in [0.25, 0.3) is 5.91 Å². The number of nitrogens with one attached hydrogen (secondary N) is 1. The highest BCUT2D eigenvalue weighted by molar-refractivity contribution is 6.30. The quantitative estimate of drug-likeness (QED) is 0.230. The molecular weight excluding hydrogens is 565 g/mol. The molecule has 41 heavy (non-hydrogen) atoms. The minimum absolute atomic E-state index is 0.237. The number of carbonyl (C=O) groups excluding carboxylic acids is 1. The molecular formula is C31H38N2O5Si3. The van der Waals surface area contributed by atoms with E-state index in [2.05, 4.69) is 51.8 Å². The van der Waals surface area contributed by atoms with Crippen molar-refractivity contribution in [2.45, 2.75) is 76.5 Å². The van der Waals surface area contributed by atoms with E-state index in [1.807, 2.05) is 60.7 Å². The zero-order chi connectivity index (χ0) is 29.4. The number of rotatable bonds is 13. The van der Waals surface area contributed by atoms with Crippen LogP contribution in [0.15, 0.2) is 66.9 Å². The van der Waals surface area contributed by atoms with Crippen LogP contribution in [-0.2, 0) is 18.0 Å². The normalized spacial score (nSPS) is 19.0. The third-order valence-corrected chi connectivity index (χ3v) is 8.61. The Morgan fingerprint density at radius 3 is 2.37 bits per heavy atom. The maximum Gasteiger partial charge on any atom is 0.256 e. The summed E-state index contributed by atoms with van der Waals surface area (Å²) >= 11 is 0. The molecule has 0 fully saturated rings. The molecule has 1 amide bonds. The zero-order valence-electron chi connectivity index (χ0n) is 24.5. The van der Waals surface area contributed by atoms with Gasteiger partial charge < -0.3 is 23.3 Å². The van der Waals surface area contributed by atoms with Gasteiger partial charge in [0, 0.05) is 17.1 Å². The van der Waals surface area contributed by atoms with Crippen molar-refractivity contribution in [3.05, 3.63) is 78.0 Å². The summed E-state index contributed by atoms with van der Waals surface area (Å²) in [5, 5.41) is 4.03. The number of benzene rings is 2. The number of hydrogen-bond acceptors (Lipinski definition) is 6. The number of aromatic nitrogens is 1. The molecule has 0 saturated heterocycles. The molecule has 0 spiro atoms. The lowest BCUT2D eigenvalue weighted by Gasteiger charge is -2.38. The third kappa shape index (κ3) is 8.69. The average molecular weight is 603 g/mol. The maximum atomic E-state index is 13.7. The third-order valence-electron chi connectivity index (χ3n) is 6.05. The van der Waals surface area contributed by atoms with Gasteiger partial charge in [0.05, 0.1) is 29.5 Å². The van der Waals surface area contributed by atoms with Gasteiger partial charge >= 0.3 is 0 Å². The van der Waals surface area contributed by atoms with Gasteiger partial charge in [-0.3, -0.25) is 9.78 Å². The fraction of sp³-hybridized carbons (Fsp3) is 0.419. The highest BCUT2D eigenvalue weighted by atomic mass is 28.2. The molecule has 10 heteroatoms. The van der Waals surface area contributed by atoms with Crippen LogP contribution in [-0.4, -0.2) is 65.1 Å². The van der Waals surface area contributed by atoms with E-state index < -0.39 is 0 Å². The Morgan fingerprint density at radius 1 is 0.902 bits per heavy atom. The van der Waals surface area contributed by atoms with Crippen molar-refractivity contribution in [1.82, 2.24) is 4.98 Å². The van der Waals surface area contributed by atoms with E-state index in [1.165, 1.54) is 0 Å². The van der Waals surface area contributed by atoms with Crippen molar-refractivity contribution in [2.75, 3.05) is 11.9 Å². The lowest BCUT2D eigenvalue weighted by Crippen LogP contribution is -2.48. The molecule has 2 heterocycles. The lowest BCUT2D eigenvalue weighted by atomic mass is 9.98. The van der Waals surface area contributed by atoms with Crippen LogP contribution < -0.4 is 5.32 Å². The second-order valence-corrected chi connectivity index (χ2v) is 15.8. The summed E-state index contributed by atoms with van der Waals surface area (Å²) in [5.41, 5.74) is 3.79. The molecule has 0 aliphatic carbocycles. The average Bonchev–Trinajstić information content (AvgIpc) is 2.95. The van der Waals surface area contributed by atoms with E-state index in [4.69, 9.17) is 18.0 Å². The van der Waals surface area contributed by atoms with Gasteiger partial charge in [0.2, 0.25) is 29.3 Å². The van der Waals surface area contributed by atoms with Crippen LogP contribution in [0.3, 0.4) is 0 Å². The van der Waals surface area contributed by atoms with Gasteiger partial charge in [-0.05, 0) is 40.9 Å². The Balaban J connectivity index is 1.67. The first kappa shape index (κ1) is 31.3. The van der Waals surface area contributed by atoms with Crippen LogP contribution in [0.4, 0.5) is 5.69 Å². The summed E-state index contributed by atoms with van der Waals surface area (Å²) in [4.78, 5) is 18.2. The number of pyridine rings is 1. The summed E-state index contributed by atoms with van der Waals surface area (Å²) < 4.78 is 25.5. The van der Waals surface area contributed by atoms with Crippen molar-refractivity contribution in [3.63, 3.8) is 0 Å². The predicted octanol–water partition coefficient (Wildman–Crippen LogP) is 6.36. The Hall–Kier alpha value is -2.61. The highest BCUT2D eigenvalue weighted by Crippen LogP contribution is 2.32. The summed E-state index contributed by atoms with van der Waals surface area (Å²) in [6, 6.07) is 17.1. The molecule has 2 aromatic carbocycles. The van der Waals surface area contributed by atoms with Crippen LogP contribution in [0.5, 0.6) is 0 Å². The SMILES string of the molecule is CC(C)[Si]OC[C@H]1OC(c2ccccc2C(=O)Nc2cccc3cccnc23)=C[C@@H](O[Si]C(C)C)[C@@H]1O[Si]C(C)C. The van der Waals surface area contributed by atoms with Crippen molar-refractivity contribution in [1.29, 1.82) is 0 Å². The number of hydrogen-bond donors (Lipinski definition) is 1. The highest BCUT2D eigenvalue weighted by Gasteiger charge is 2.38. The van der Waals surface area contributed by atoms with E-state index in [0.29, 0.717) is 75.1 Å². The van der Waals surface area contributed by atoms with E-state index >= 15 is 0 Å². The van der Waals surface area contributed by atoms with Gasteiger partial charge in [0.1, 0.15) is 18.0 Å². The largest absolute Gasteiger partial charge is 0.485 e. The minimum Gasteiger partial charge on any atom is -0.485 e. The molecule has 1 aliphatic heterocycles. The molecule has 3 atom stereocenters. The van der Waals surface area contributed by atoms with Gasteiger partial charge in [0.15, 0.2) is 0 Å². The number of fused-ring (bicyclic) bond motifs is 1. The van der Waals surface area contributed by atoms with Crippen molar-refractivity contribution in [2.24, 2.45) is 0 Å². The van der Waals surface area contributed by atoms with Crippen molar-refractivity contribution < 1.29 is 22.8 Å². The molecule has 0 bridgehead atoms. The minimum atomic E-state index is -0.382. The Morgan fingerprint density at radius 2 is 1.61 bits per heavy atom. The fourth-order valence-corrected chi connectivity index (χ4v) is 6.21. The smallest absolute Gasteiger partial charge is 0.256 e. The van der Waals surface area contributed by atoms with Crippen LogP contribution in [0.2, 0.25) is 16.6 Å². The van der Waals surface area contributed by atoms with Gasteiger partial charge in [-0.1, -0.05) is 77.9 Å². The second kappa shape index (κ2) is 15.0. The molecule has 1 aliphatic rings. The topological polar surface area (TPSA) is 78.9 Å². The first-order chi connectivity index (χ1) is 19.7. The second-order valence-electron chi connectivity index (χ2n) is 10.9. The fourth-order valence-electron chi connectivity index (χ4n) is 4.27. The molecule has 7 nitrogen and oxygen atoms in total. The lowest BCUT2D eigenvalue weighted by molar-refractivity contribution is -0.0474. The monoisotopic (exact) mass is 602 g/mol. The van der Waals surface area contributed by atoms with Crippen LogP contribution >= 0.6 is 0 Å². The number of nitrogens with zero attached hydrogens (tertiary/aromatic N) is 1. The molecule has 3 aromatic rings.